The van der Waals surface area contributed by atoms with Gasteiger partial charge in [-0.05, 0) is 24.6 Å². The van der Waals surface area contributed by atoms with E-state index in [1.807, 2.05) is 18.0 Å². The summed E-state index contributed by atoms with van der Waals surface area (Å²) in [6.45, 7) is 1.80. The second-order valence-corrected chi connectivity index (χ2v) is 7.00. The molecule has 5 nitrogen and oxygen atoms in total. The number of hydrogen-bond acceptors (Lipinski definition) is 4. The third kappa shape index (κ3) is 8.72. The predicted octanol–water partition coefficient (Wildman–Crippen LogP) is 4.15. The Morgan fingerprint density at radius 3 is 2.59 bits per heavy atom. The summed E-state index contributed by atoms with van der Waals surface area (Å²) in [5.74, 6) is 0.302. The van der Waals surface area contributed by atoms with Crippen molar-refractivity contribution in [2.75, 3.05) is 38.6 Å². The van der Waals surface area contributed by atoms with Crippen molar-refractivity contribution in [1.29, 1.82) is 0 Å². The highest BCUT2D eigenvalue weighted by molar-refractivity contribution is 14.0. The Hall–Kier alpha value is -1.63. The van der Waals surface area contributed by atoms with E-state index < -0.39 is 11.9 Å². The third-order valence-corrected chi connectivity index (χ3v) is 4.82. The highest BCUT2D eigenvalue weighted by atomic mass is 127. The molecule has 0 aliphatic heterocycles. The number of aliphatic imine (C=N–C) groups is 1. The van der Waals surface area contributed by atoms with E-state index in [4.69, 9.17) is 0 Å². The summed E-state index contributed by atoms with van der Waals surface area (Å²) < 4.78 is 50.9. The first-order chi connectivity index (χ1) is 13.3. The second kappa shape index (κ2) is 12.2. The average Bonchev–Trinajstić information content (AvgIpc) is 3.13. The van der Waals surface area contributed by atoms with Crippen LogP contribution in [0.15, 0.2) is 34.6 Å². The number of alkyl halides is 3. The van der Waals surface area contributed by atoms with Gasteiger partial charge in [0.15, 0.2) is 11.7 Å². The van der Waals surface area contributed by atoms with Crippen molar-refractivity contribution in [2.24, 2.45) is 4.99 Å². The number of guanidine groups is 1. The molecule has 29 heavy (non-hydrogen) atoms. The molecule has 0 bridgehead atoms. The molecular formula is C18H24F4IN5S. The highest BCUT2D eigenvalue weighted by Gasteiger charge is 2.33. The van der Waals surface area contributed by atoms with Crippen LogP contribution < -0.4 is 15.5 Å². The summed E-state index contributed by atoms with van der Waals surface area (Å²) in [6, 6.07) is 6.41. The van der Waals surface area contributed by atoms with Crippen LogP contribution in [0.5, 0.6) is 0 Å². The van der Waals surface area contributed by atoms with Crippen LogP contribution in [-0.4, -0.2) is 44.7 Å². The van der Waals surface area contributed by atoms with Gasteiger partial charge in [0.25, 0.3) is 0 Å². The number of benzene rings is 1. The topological polar surface area (TPSA) is 52.6 Å². The molecule has 0 aliphatic carbocycles. The Morgan fingerprint density at radius 1 is 1.24 bits per heavy atom. The van der Waals surface area contributed by atoms with Gasteiger partial charge in [-0.2, -0.15) is 13.2 Å². The summed E-state index contributed by atoms with van der Waals surface area (Å²) in [7, 11) is 3.52. The number of anilines is 1. The maximum atomic E-state index is 13.2. The second-order valence-electron chi connectivity index (χ2n) is 6.05. The number of aromatic nitrogens is 1. The van der Waals surface area contributed by atoms with Crippen molar-refractivity contribution in [2.45, 2.75) is 19.0 Å². The SMILES string of the molecule is CN=C(NCCCN(C)c1cccc(F)c1)NCCc1nc(C(F)(F)F)cs1.I. The van der Waals surface area contributed by atoms with Crippen molar-refractivity contribution in [3.63, 3.8) is 0 Å². The minimum atomic E-state index is -4.40. The maximum Gasteiger partial charge on any atom is 0.434 e. The van der Waals surface area contributed by atoms with Crippen LogP contribution in [0.1, 0.15) is 17.1 Å². The van der Waals surface area contributed by atoms with Gasteiger partial charge in [-0.3, -0.25) is 4.99 Å². The molecule has 0 aliphatic rings. The van der Waals surface area contributed by atoms with Crippen LogP contribution in [0.2, 0.25) is 0 Å². The Kier molecular flexibility index (Phi) is 10.6. The summed E-state index contributed by atoms with van der Waals surface area (Å²) in [6.07, 6.45) is -3.22. The molecule has 0 saturated heterocycles. The molecule has 162 valence electrons. The van der Waals surface area contributed by atoms with Crippen molar-refractivity contribution in [3.05, 3.63) is 46.2 Å². The van der Waals surface area contributed by atoms with Crippen LogP contribution >= 0.6 is 35.3 Å². The van der Waals surface area contributed by atoms with E-state index in [1.54, 1.807) is 13.1 Å². The third-order valence-electron chi connectivity index (χ3n) is 3.91. The molecule has 0 fully saturated rings. The molecule has 0 saturated carbocycles. The van der Waals surface area contributed by atoms with E-state index in [2.05, 4.69) is 20.6 Å². The zero-order valence-corrected chi connectivity index (χ0v) is 19.2. The van der Waals surface area contributed by atoms with Crippen molar-refractivity contribution < 1.29 is 17.6 Å². The molecule has 0 unspecified atom stereocenters. The number of nitrogens with zero attached hydrogens (tertiary/aromatic N) is 3. The predicted molar refractivity (Wildman–Crippen MR) is 120 cm³/mol. The van der Waals surface area contributed by atoms with E-state index in [0.29, 0.717) is 30.5 Å². The molecule has 11 heteroatoms. The number of halogens is 5. The van der Waals surface area contributed by atoms with E-state index >= 15 is 0 Å². The average molecular weight is 545 g/mol. The first-order valence-corrected chi connectivity index (χ1v) is 9.60. The van der Waals surface area contributed by atoms with Gasteiger partial charge in [-0.1, -0.05) is 6.07 Å². The molecule has 1 aromatic carbocycles. The lowest BCUT2D eigenvalue weighted by molar-refractivity contribution is -0.140. The number of hydrogen-bond donors (Lipinski definition) is 2. The Morgan fingerprint density at radius 2 is 1.97 bits per heavy atom. The Balaban J connectivity index is 0.00000420. The fourth-order valence-corrected chi connectivity index (χ4v) is 3.24. The Bertz CT molecular complexity index is 782. The summed E-state index contributed by atoms with van der Waals surface area (Å²) >= 11 is 0.996. The zero-order valence-electron chi connectivity index (χ0n) is 16.1. The first-order valence-electron chi connectivity index (χ1n) is 8.72. The van der Waals surface area contributed by atoms with Gasteiger partial charge in [-0.15, -0.1) is 35.3 Å². The van der Waals surface area contributed by atoms with Gasteiger partial charge in [0.1, 0.15) is 5.82 Å². The largest absolute Gasteiger partial charge is 0.434 e. The Labute approximate surface area is 188 Å². The summed E-state index contributed by atoms with van der Waals surface area (Å²) in [5.41, 5.74) is -0.0402. The number of thiazole rings is 1. The standard InChI is InChI=1S/C18H23F4N5S.HI/c1-23-17(25-9-7-16-26-15(12-28-16)18(20,21)22)24-8-4-10-27(2)14-6-3-5-13(19)11-14;/h3,5-6,11-12H,4,7-10H2,1-2H3,(H2,23,24,25);1H. The lowest BCUT2D eigenvalue weighted by Crippen LogP contribution is -2.39. The number of rotatable bonds is 8. The van der Waals surface area contributed by atoms with Crippen LogP contribution in [0.4, 0.5) is 23.2 Å². The quantitative estimate of drug-likeness (QED) is 0.172. The minimum absolute atomic E-state index is 0. The van der Waals surface area contributed by atoms with Crippen molar-refractivity contribution >= 4 is 47.0 Å². The molecule has 2 N–H and O–H groups in total. The van der Waals surface area contributed by atoms with Gasteiger partial charge < -0.3 is 15.5 Å². The molecule has 0 amide bonds. The molecule has 1 aromatic heterocycles. The molecule has 0 atom stereocenters. The van der Waals surface area contributed by atoms with E-state index in [1.165, 1.54) is 12.1 Å². The van der Waals surface area contributed by atoms with Crippen molar-refractivity contribution in [1.82, 2.24) is 15.6 Å². The van der Waals surface area contributed by atoms with Crippen LogP contribution in [0.25, 0.3) is 0 Å². The van der Waals surface area contributed by atoms with E-state index in [-0.39, 0.29) is 29.8 Å². The fraction of sp³-hybridized carbons (Fsp3) is 0.444. The van der Waals surface area contributed by atoms with E-state index in [9.17, 15) is 17.6 Å². The summed E-state index contributed by atoms with van der Waals surface area (Å²) in [5, 5.41) is 7.65. The van der Waals surface area contributed by atoms with Crippen LogP contribution in [-0.2, 0) is 12.6 Å². The smallest absolute Gasteiger partial charge is 0.374 e. The lowest BCUT2D eigenvalue weighted by Gasteiger charge is -2.19. The molecule has 2 aromatic rings. The monoisotopic (exact) mass is 545 g/mol. The van der Waals surface area contributed by atoms with Gasteiger partial charge in [0.05, 0.1) is 5.01 Å². The highest BCUT2D eigenvalue weighted by Crippen LogP contribution is 2.29. The maximum absolute atomic E-state index is 13.2. The zero-order chi connectivity index (χ0) is 20.6. The first kappa shape index (κ1) is 25.4. The van der Waals surface area contributed by atoms with Crippen molar-refractivity contribution in [3.8, 4) is 0 Å². The molecule has 0 spiro atoms. The van der Waals surface area contributed by atoms with Gasteiger partial charge in [0, 0.05) is 51.2 Å². The van der Waals surface area contributed by atoms with Crippen LogP contribution in [0, 0.1) is 5.82 Å². The molecule has 0 radical (unpaired) electrons. The van der Waals surface area contributed by atoms with Crippen LogP contribution in [0.3, 0.4) is 0 Å². The fourth-order valence-electron chi connectivity index (χ4n) is 2.43. The molecular weight excluding hydrogens is 521 g/mol. The van der Waals surface area contributed by atoms with Gasteiger partial charge >= 0.3 is 6.18 Å². The van der Waals surface area contributed by atoms with E-state index in [0.717, 1.165) is 35.4 Å². The van der Waals surface area contributed by atoms with Gasteiger partial charge in [-0.25, -0.2) is 9.37 Å². The summed E-state index contributed by atoms with van der Waals surface area (Å²) in [4.78, 5) is 9.64. The normalized spacial score (nSPS) is 11.7. The molecule has 2 rings (SSSR count). The molecule has 1 heterocycles. The van der Waals surface area contributed by atoms with Gasteiger partial charge in [0.2, 0.25) is 0 Å². The minimum Gasteiger partial charge on any atom is -0.374 e. The lowest BCUT2D eigenvalue weighted by atomic mass is 10.2. The number of nitrogens with one attached hydrogen (secondary N) is 2.